The smallest absolute Gasteiger partial charge is 0.227 e. The lowest BCUT2D eigenvalue weighted by molar-refractivity contribution is 0.119. The molecule has 8 nitrogen and oxygen atoms in total. The van der Waals surface area contributed by atoms with Crippen molar-refractivity contribution in [1.29, 1.82) is 0 Å². The van der Waals surface area contributed by atoms with Crippen molar-refractivity contribution in [2.75, 3.05) is 35.4 Å². The summed E-state index contributed by atoms with van der Waals surface area (Å²) in [5.74, 6) is 4.29. The van der Waals surface area contributed by atoms with Crippen molar-refractivity contribution in [2.45, 2.75) is 48.5 Å². The van der Waals surface area contributed by atoms with Gasteiger partial charge in [-0.15, -0.1) is 0 Å². The third kappa shape index (κ3) is 3.15. The maximum atomic E-state index is 12.6. The minimum atomic E-state index is -1.14. The molecule has 4 heterocycles. The fourth-order valence-electron chi connectivity index (χ4n) is 5.77. The fraction of sp³-hybridized carbons (Fsp3) is 0.619. The molecule has 164 valence electrons. The summed E-state index contributed by atoms with van der Waals surface area (Å²) in [6, 6.07) is 0. The zero-order valence-electron chi connectivity index (χ0n) is 17.2. The maximum Gasteiger partial charge on any atom is 0.227 e. The van der Waals surface area contributed by atoms with Crippen LogP contribution < -0.4 is 9.80 Å². The van der Waals surface area contributed by atoms with Crippen LogP contribution in [0.4, 0.5) is 11.8 Å². The Balaban J connectivity index is 1.20. The van der Waals surface area contributed by atoms with Crippen molar-refractivity contribution in [3.8, 4) is 0 Å². The van der Waals surface area contributed by atoms with Gasteiger partial charge in [-0.3, -0.25) is 4.21 Å². The van der Waals surface area contributed by atoms with Gasteiger partial charge in [-0.2, -0.15) is 4.98 Å². The number of hydrogen-bond donors (Lipinski definition) is 1. The van der Waals surface area contributed by atoms with Crippen LogP contribution in [-0.2, 0) is 10.8 Å². The quantitative estimate of drug-likeness (QED) is 0.742. The van der Waals surface area contributed by atoms with Crippen LogP contribution >= 0.6 is 11.6 Å². The van der Waals surface area contributed by atoms with Gasteiger partial charge in [0.05, 0.1) is 34.2 Å². The van der Waals surface area contributed by atoms with Crippen LogP contribution in [0.2, 0.25) is 5.02 Å². The molecule has 3 unspecified atom stereocenters. The number of aliphatic hydroxyl groups is 1. The second-order valence-corrected chi connectivity index (χ2v) is 11.2. The van der Waals surface area contributed by atoms with Crippen LogP contribution in [0, 0.1) is 11.8 Å². The summed E-state index contributed by atoms with van der Waals surface area (Å²) in [5, 5.41) is 10.6. The summed E-state index contributed by atoms with van der Waals surface area (Å²) in [4.78, 5) is 23.3. The Morgan fingerprint density at radius 3 is 2.45 bits per heavy atom. The lowest BCUT2D eigenvalue weighted by Gasteiger charge is -2.47. The molecule has 0 bridgehead atoms. The molecule has 3 fully saturated rings. The van der Waals surface area contributed by atoms with Gasteiger partial charge < -0.3 is 14.9 Å². The number of nitrogens with zero attached hydrogens (tertiary/aromatic N) is 6. The topological polar surface area (TPSA) is 95.3 Å². The molecule has 31 heavy (non-hydrogen) atoms. The molecule has 2 aromatic heterocycles. The lowest BCUT2D eigenvalue weighted by Crippen LogP contribution is -2.56. The van der Waals surface area contributed by atoms with Crippen molar-refractivity contribution < 1.29 is 9.32 Å². The Morgan fingerprint density at radius 1 is 1.13 bits per heavy atom. The first kappa shape index (κ1) is 19.8. The summed E-state index contributed by atoms with van der Waals surface area (Å²) in [5.41, 5.74) is -0.306. The van der Waals surface area contributed by atoms with Crippen molar-refractivity contribution in [1.82, 2.24) is 19.9 Å². The van der Waals surface area contributed by atoms with E-state index in [0.29, 0.717) is 39.5 Å². The molecule has 2 aliphatic heterocycles. The van der Waals surface area contributed by atoms with Gasteiger partial charge in [-0.25, -0.2) is 15.0 Å². The third-order valence-electron chi connectivity index (χ3n) is 7.66. The average molecular weight is 461 g/mol. The molecule has 0 aromatic carbocycles. The molecular weight excluding hydrogens is 436 g/mol. The second-order valence-electron chi connectivity index (χ2n) is 9.35. The fourth-order valence-corrected chi connectivity index (χ4v) is 7.17. The van der Waals surface area contributed by atoms with Gasteiger partial charge in [0.2, 0.25) is 5.95 Å². The normalized spacial score (nSPS) is 30.9. The molecule has 6 rings (SSSR count). The summed E-state index contributed by atoms with van der Waals surface area (Å²) in [6.07, 6.45) is 10.2. The SMILES string of the molecule is O=S1CN(C2(CO)CCC2)c2nc(N3CC4CC(c5ncc(Cl)cn5)CC4C3)ncc21. The van der Waals surface area contributed by atoms with Crippen molar-refractivity contribution >= 4 is 34.2 Å². The molecular formula is C21H25ClN6O2S. The Kier molecular flexibility index (Phi) is 4.70. The van der Waals surface area contributed by atoms with Crippen molar-refractivity contribution in [2.24, 2.45) is 11.8 Å². The second kappa shape index (κ2) is 7.35. The van der Waals surface area contributed by atoms with E-state index >= 15 is 0 Å². The van der Waals surface area contributed by atoms with Gasteiger partial charge in [0.15, 0.2) is 5.82 Å². The van der Waals surface area contributed by atoms with E-state index in [1.807, 2.05) is 0 Å². The first-order valence-electron chi connectivity index (χ1n) is 10.9. The highest BCUT2D eigenvalue weighted by molar-refractivity contribution is 7.85. The number of halogens is 1. The number of rotatable bonds is 4. The highest BCUT2D eigenvalue weighted by atomic mass is 35.5. The van der Waals surface area contributed by atoms with Crippen LogP contribution in [0.15, 0.2) is 23.5 Å². The van der Waals surface area contributed by atoms with Crippen molar-refractivity contribution in [3.05, 3.63) is 29.4 Å². The molecule has 10 heteroatoms. The van der Waals surface area contributed by atoms with Gasteiger partial charge in [0.1, 0.15) is 16.6 Å². The van der Waals surface area contributed by atoms with Crippen LogP contribution in [0.3, 0.4) is 0 Å². The van der Waals surface area contributed by atoms with E-state index in [2.05, 4.69) is 24.8 Å². The van der Waals surface area contributed by atoms with Gasteiger partial charge in [-0.05, 0) is 43.9 Å². The number of aromatic nitrogens is 4. The van der Waals surface area contributed by atoms with E-state index < -0.39 is 10.8 Å². The Labute approximate surface area is 188 Å². The number of fused-ring (bicyclic) bond motifs is 2. The summed E-state index contributed by atoms with van der Waals surface area (Å²) in [7, 11) is -1.14. The molecule has 1 N–H and O–H groups in total. The minimum absolute atomic E-state index is 0.0744. The number of hydrogen-bond acceptors (Lipinski definition) is 8. The van der Waals surface area contributed by atoms with Gasteiger partial charge in [0.25, 0.3) is 0 Å². The largest absolute Gasteiger partial charge is 0.394 e. The van der Waals surface area contributed by atoms with E-state index in [1.165, 1.54) is 0 Å². The van der Waals surface area contributed by atoms with E-state index in [1.54, 1.807) is 18.6 Å². The average Bonchev–Trinajstić information content (AvgIpc) is 3.40. The van der Waals surface area contributed by atoms with Gasteiger partial charge >= 0.3 is 0 Å². The molecule has 4 aliphatic rings. The monoisotopic (exact) mass is 460 g/mol. The maximum absolute atomic E-state index is 12.6. The van der Waals surface area contributed by atoms with E-state index in [0.717, 1.165) is 56.8 Å². The highest BCUT2D eigenvalue weighted by Gasteiger charge is 2.48. The van der Waals surface area contributed by atoms with Crippen LogP contribution in [0.1, 0.15) is 43.8 Å². The Morgan fingerprint density at radius 2 is 1.84 bits per heavy atom. The number of anilines is 2. The van der Waals surface area contributed by atoms with E-state index in [-0.39, 0.29) is 12.1 Å². The minimum Gasteiger partial charge on any atom is -0.394 e. The molecule has 0 radical (unpaired) electrons. The summed E-state index contributed by atoms with van der Waals surface area (Å²) in [6.45, 7) is 1.91. The molecule has 2 saturated carbocycles. The standard InChI is InChI=1S/C21H25ClN6O2S/c22-16-6-23-18(24-7-16)13-4-14-9-27(10-15(14)5-13)20-25-8-17-19(26-20)28(12-31(17)30)21(11-29)2-1-3-21/h6-8,13-15,29H,1-5,9-12H2. The van der Waals surface area contributed by atoms with E-state index in [4.69, 9.17) is 16.6 Å². The molecule has 2 aromatic rings. The number of aliphatic hydroxyl groups excluding tert-OH is 1. The molecule has 0 spiro atoms. The predicted octanol–water partition coefficient (Wildman–Crippen LogP) is 2.35. The summed E-state index contributed by atoms with van der Waals surface area (Å²) >= 11 is 5.93. The Bertz CT molecular complexity index is 1010. The van der Waals surface area contributed by atoms with Crippen molar-refractivity contribution in [3.63, 3.8) is 0 Å². The lowest BCUT2D eigenvalue weighted by atomic mass is 9.76. The van der Waals surface area contributed by atoms with Crippen LogP contribution in [-0.4, -0.2) is 60.4 Å². The molecule has 2 aliphatic carbocycles. The third-order valence-corrected chi connectivity index (χ3v) is 9.13. The first-order chi connectivity index (χ1) is 15.1. The highest BCUT2D eigenvalue weighted by Crippen LogP contribution is 2.47. The Hall–Kier alpha value is -1.84. The zero-order valence-corrected chi connectivity index (χ0v) is 18.7. The first-order valence-corrected chi connectivity index (χ1v) is 12.6. The predicted molar refractivity (Wildman–Crippen MR) is 118 cm³/mol. The van der Waals surface area contributed by atoms with Crippen LogP contribution in [0.25, 0.3) is 0 Å². The van der Waals surface area contributed by atoms with E-state index in [9.17, 15) is 9.32 Å². The zero-order chi connectivity index (χ0) is 21.2. The molecule has 1 saturated heterocycles. The van der Waals surface area contributed by atoms with Crippen LogP contribution in [0.5, 0.6) is 0 Å². The summed E-state index contributed by atoms with van der Waals surface area (Å²) < 4.78 is 12.6. The molecule has 0 amide bonds. The van der Waals surface area contributed by atoms with Gasteiger partial charge in [-0.1, -0.05) is 11.6 Å². The van der Waals surface area contributed by atoms with Gasteiger partial charge in [0, 0.05) is 31.4 Å². The molecule has 3 atom stereocenters.